The summed E-state index contributed by atoms with van der Waals surface area (Å²) in [6.07, 6.45) is -0.418. The molecule has 12 nitrogen and oxygen atoms in total. The number of aliphatic imine (C=N–C) groups is 1. The van der Waals surface area contributed by atoms with Crippen molar-refractivity contribution in [1.29, 1.82) is 0 Å². The highest BCUT2D eigenvalue weighted by molar-refractivity contribution is 7.90. The van der Waals surface area contributed by atoms with Crippen LogP contribution in [0.4, 0.5) is 4.79 Å². The highest BCUT2D eigenvalue weighted by Gasteiger charge is 2.24. The van der Waals surface area contributed by atoms with Crippen LogP contribution in [0.1, 0.15) is 51.2 Å². The molecule has 2 amide bonds. The maximum Gasteiger partial charge on any atom is 0.408 e. The van der Waals surface area contributed by atoms with Crippen molar-refractivity contribution in [2.24, 2.45) is 10.7 Å². The van der Waals surface area contributed by atoms with Crippen molar-refractivity contribution >= 4 is 34.0 Å². The quantitative estimate of drug-likeness (QED) is 0.119. The molecule has 2 aromatic rings. The Hall–Kier alpha value is -4.13. The van der Waals surface area contributed by atoms with Crippen LogP contribution in [0.15, 0.2) is 64.5 Å². The maximum atomic E-state index is 12.8. The summed E-state index contributed by atoms with van der Waals surface area (Å²) in [5, 5.41) is 5.15. The molecule has 0 radical (unpaired) electrons. The molecule has 2 rings (SSSR count). The van der Waals surface area contributed by atoms with Gasteiger partial charge in [0.05, 0.1) is 11.3 Å². The first-order valence-electron chi connectivity index (χ1n) is 13.1. The molecule has 0 saturated carbocycles. The molecule has 2 aromatic carbocycles. The van der Waals surface area contributed by atoms with Crippen molar-refractivity contribution in [3.63, 3.8) is 0 Å². The average Bonchev–Trinajstić information content (AvgIpc) is 2.88. The van der Waals surface area contributed by atoms with E-state index in [0.717, 1.165) is 11.1 Å². The number of guanidine groups is 1. The molecule has 224 valence electrons. The Morgan fingerprint density at radius 1 is 1.02 bits per heavy atom. The molecule has 0 heterocycles. The third-order valence-corrected chi connectivity index (χ3v) is 6.75. The van der Waals surface area contributed by atoms with Gasteiger partial charge in [-0.05, 0) is 58.2 Å². The summed E-state index contributed by atoms with van der Waals surface area (Å²) in [5.41, 5.74) is 6.73. The van der Waals surface area contributed by atoms with Gasteiger partial charge in [-0.25, -0.2) is 17.9 Å². The van der Waals surface area contributed by atoms with Gasteiger partial charge >= 0.3 is 12.1 Å². The number of hydrogen-bond acceptors (Lipinski definition) is 8. The van der Waals surface area contributed by atoms with E-state index in [4.69, 9.17) is 15.2 Å². The van der Waals surface area contributed by atoms with Crippen molar-refractivity contribution in [3.8, 4) is 0 Å². The Bertz CT molecular complexity index is 1290. The zero-order valence-electron chi connectivity index (χ0n) is 23.8. The van der Waals surface area contributed by atoms with Gasteiger partial charge in [0.15, 0.2) is 0 Å². The molecule has 0 saturated heterocycles. The highest BCUT2D eigenvalue weighted by Crippen LogP contribution is 2.10. The van der Waals surface area contributed by atoms with Crippen LogP contribution in [0.2, 0.25) is 0 Å². The third-order valence-electron chi connectivity index (χ3n) is 5.38. The standard InChI is InChI=1S/C28H39N5O7S/c1-20-12-14-22(15-13-20)41(37,38)33-26(29)31-17-8-11-23(32-27(36)40-28(2,3)4)25(35)30-18-16-24(34)39-19-21-9-6-5-7-10-21/h5-7,9-10,12-15,23H,8,11,16-19H2,1-4H3,(H,30,35)(H,32,36)(H3,29,31,33)/t23-/m0/s1. The van der Waals surface area contributed by atoms with Gasteiger partial charge in [-0.1, -0.05) is 48.0 Å². The monoisotopic (exact) mass is 589 g/mol. The molecular weight excluding hydrogens is 550 g/mol. The lowest BCUT2D eigenvalue weighted by atomic mass is 10.1. The van der Waals surface area contributed by atoms with Crippen molar-refractivity contribution in [2.45, 2.75) is 70.1 Å². The first-order chi connectivity index (χ1) is 19.2. The second-order valence-electron chi connectivity index (χ2n) is 10.2. The van der Waals surface area contributed by atoms with Crippen LogP contribution in [-0.2, 0) is 35.7 Å². The van der Waals surface area contributed by atoms with Crippen LogP contribution >= 0.6 is 0 Å². The number of nitrogens with zero attached hydrogens (tertiary/aromatic N) is 1. The SMILES string of the molecule is Cc1ccc(S(=O)(=O)NC(N)=NCCC[C@H](NC(=O)OC(C)(C)C)C(=O)NCCC(=O)OCc2ccccc2)cc1. The van der Waals surface area contributed by atoms with Gasteiger partial charge in [0.25, 0.3) is 10.0 Å². The normalized spacial score (nSPS) is 12.6. The Morgan fingerprint density at radius 3 is 2.32 bits per heavy atom. The smallest absolute Gasteiger partial charge is 0.408 e. The highest BCUT2D eigenvalue weighted by atomic mass is 32.2. The fourth-order valence-corrected chi connectivity index (χ4v) is 4.33. The number of esters is 1. The number of nitrogens with one attached hydrogen (secondary N) is 3. The van der Waals surface area contributed by atoms with Crippen LogP contribution in [-0.4, -0.2) is 57.1 Å². The predicted octanol–water partition coefficient (Wildman–Crippen LogP) is 2.51. The number of hydrogen-bond donors (Lipinski definition) is 4. The minimum atomic E-state index is -3.90. The van der Waals surface area contributed by atoms with E-state index >= 15 is 0 Å². The summed E-state index contributed by atoms with van der Waals surface area (Å²) in [6, 6.07) is 14.5. The van der Waals surface area contributed by atoms with E-state index in [1.54, 1.807) is 32.9 Å². The lowest BCUT2D eigenvalue weighted by molar-refractivity contribution is -0.144. The fourth-order valence-electron chi connectivity index (χ4n) is 3.38. The first-order valence-corrected chi connectivity index (χ1v) is 14.6. The number of aryl methyl sites for hydroxylation is 1. The van der Waals surface area contributed by atoms with Crippen LogP contribution < -0.4 is 21.1 Å². The van der Waals surface area contributed by atoms with Crippen molar-refractivity contribution < 1.29 is 32.3 Å². The minimum absolute atomic E-state index is 0.00481. The predicted molar refractivity (Wildman–Crippen MR) is 154 cm³/mol. The second-order valence-corrected chi connectivity index (χ2v) is 11.9. The Balaban J connectivity index is 1.88. The van der Waals surface area contributed by atoms with Gasteiger partial charge in [0.1, 0.15) is 18.2 Å². The molecule has 0 aliphatic rings. The zero-order chi connectivity index (χ0) is 30.5. The summed E-state index contributed by atoms with van der Waals surface area (Å²) in [7, 11) is -3.90. The topological polar surface area (TPSA) is 178 Å². The lowest BCUT2D eigenvalue weighted by Gasteiger charge is -2.23. The van der Waals surface area contributed by atoms with Crippen LogP contribution in [0.5, 0.6) is 0 Å². The summed E-state index contributed by atoms with van der Waals surface area (Å²) in [4.78, 5) is 41.2. The molecule has 0 unspecified atom stereocenters. The number of nitrogens with two attached hydrogens (primary N) is 1. The molecule has 0 fully saturated rings. The molecule has 1 atom stereocenters. The summed E-state index contributed by atoms with van der Waals surface area (Å²) in [6.45, 7) is 7.12. The first kappa shape index (κ1) is 33.1. The number of amides is 2. The average molecular weight is 590 g/mol. The lowest BCUT2D eigenvalue weighted by Crippen LogP contribution is -2.48. The molecular formula is C28H39N5O7S. The molecule has 0 spiro atoms. The number of benzene rings is 2. The van der Waals surface area contributed by atoms with Crippen molar-refractivity contribution in [1.82, 2.24) is 15.4 Å². The number of alkyl carbamates (subject to hydrolysis) is 1. The summed E-state index contributed by atoms with van der Waals surface area (Å²) in [5.74, 6) is -1.31. The van der Waals surface area contributed by atoms with Crippen LogP contribution in [0, 0.1) is 6.92 Å². The van der Waals surface area contributed by atoms with Crippen LogP contribution in [0.25, 0.3) is 0 Å². The summed E-state index contributed by atoms with van der Waals surface area (Å²) < 4.78 is 37.6. The number of sulfonamides is 1. The largest absolute Gasteiger partial charge is 0.461 e. The molecule has 41 heavy (non-hydrogen) atoms. The summed E-state index contributed by atoms with van der Waals surface area (Å²) >= 11 is 0. The molecule has 0 bridgehead atoms. The van der Waals surface area contributed by atoms with Gasteiger partial charge in [0.2, 0.25) is 11.9 Å². The Kier molecular flexibility index (Phi) is 12.6. The Labute approximate surface area is 241 Å². The van der Waals surface area contributed by atoms with E-state index in [2.05, 4.69) is 20.3 Å². The van der Waals surface area contributed by atoms with E-state index < -0.39 is 39.6 Å². The molecule has 5 N–H and O–H groups in total. The fraction of sp³-hybridized carbons (Fsp3) is 0.429. The number of ether oxygens (including phenoxy) is 2. The number of rotatable bonds is 13. The zero-order valence-corrected chi connectivity index (χ0v) is 24.6. The third kappa shape index (κ3) is 13.2. The maximum absolute atomic E-state index is 12.8. The van der Waals surface area contributed by atoms with Gasteiger partial charge in [-0.2, -0.15) is 0 Å². The van der Waals surface area contributed by atoms with Crippen molar-refractivity contribution in [3.05, 3.63) is 65.7 Å². The van der Waals surface area contributed by atoms with Gasteiger partial charge in [-0.3, -0.25) is 14.6 Å². The Morgan fingerprint density at radius 2 is 1.68 bits per heavy atom. The van der Waals surface area contributed by atoms with E-state index in [1.165, 1.54) is 12.1 Å². The second kappa shape index (κ2) is 15.6. The molecule has 0 aliphatic heterocycles. The van der Waals surface area contributed by atoms with Gasteiger partial charge in [0, 0.05) is 13.1 Å². The molecule has 13 heteroatoms. The molecule has 0 aliphatic carbocycles. The van der Waals surface area contributed by atoms with Crippen molar-refractivity contribution in [2.75, 3.05) is 13.1 Å². The molecule has 0 aromatic heterocycles. The van der Waals surface area contributed by atoms with E-state index in [1.807, 2.05) is 37.3 Å². The number of carbonyl (C=O) groups is 3. The minimum Gasteiger partial charge on any atom is -0.461 e. The van der Waals surface area contributed by atoms with Gasteiger partial charge < -0.3 is 25.8 Å². The van der Waals surface area contributed by atoms with Gasteiger partial charge in [-0.15, -0.1) is 0 Å². The van der Waals surface area contributed by atoms with E-state index in [9.17, 15) is 22.8 Å². The van der Waals surface area contributed by atoms with E-state index in [0.29, 0.717) is 0 Å². The van der Waals surface area contributed by atoms with Crippen LogP contribution in [0.3, 0.4) is 0 Å². The van der Waals surface area contributed by atoms with E-state index in [-0.39, 0.29) is 49.8 Å². The number of carbonyl (C=O) groups excluding carboxylic acids is 3.